The van der Waals surface area contributed by atoms with Gasteiger partial charge in [0.1, 0.15) is 0 Å². The van der Waals surface area contributed by atoms with Crippen LogP contribution >= 0.6 is 0 Å². The second-order valence-corrected chi connectivity index (χ2v) is 6.99. The molecule has 5 heteroatoms. The van der Waals surface area contributed by atoms with Crippen molar-refractivity contribution in [3.05, 3.63) is 29.8 Å². The van der Waals surface area contributed by atoms with Crippen LogP contribution in [0, 0.1) is 5.92 Å². The quantitative estimate of drug-likeness (QED) is 0.775. The molecule has 1 aromatic rings. The lowest BCUT2D eigenvalue weighted by molar-refractivity contribution is 0.384. The Morgan fingerprint density at radius 2 is 1.95 bits per heavy atom. The van der Waals surface area contributed by atoms with Gasteiger partial charge in [0.2, 0.25) is 10.0 Å². The molecule has 3 N–H and O–H groups in total. The Hall–Kier alpha value is -0.910. The molecule has 0 radical (unpaired) electrons. The molecule has 1 rings (SSSR count). The van der Waals surface area contributed by atoms with Crippen molar-refractivity contribution in [2.24, 2.45) is 11.1 Å². The summed E-state index contributed by atoms with van der Waals surface area (Å²) < 4.78 is 22.6. The molecule has 0 saturated carbocycles. The fraction of sp³-hybridized carbons (Fsp3) is 0.600. The molecule has 0 aliphatic carbocycles. The van der Waals surface area contributed by atoms with Gasteiger partial charge in [-0.1, -0.05) is 39.3 Å². The topological polar surface area (TPSA) is 72.2 Å². The first-order valence-electron chi connectivity index (χ1n) is 7.21. The molecule has 0 aromatic heterocycles. The summed E-state index contributed by atoms with van der Waals surface area (Å²) in [5, 5.41) is 8.64. The number of hydrogen-bond acceptors (Lipinski definition) is 3. The van der Waals surface area contributed by atoms with Gasteiger partial charge in [0.15, 0.2) is 0 Å². The van der Waals surface area contributed by atoms with Gasteiger partial charge < -0.3 is 5.32 Å². The summed E-state index contributed by atoms with van der Waals surface area (Å²) in [6.07, 6.45) is 3.39. The lowest BCUT2D eigenvalue weighted by Gasteiger charge is -2.20. The first kappa shape index (κ1) is 17.1. The zero-order valence-electron chi connectivity index (χ0n) is 12.6. The monoisotopic (exact) mass is 298 g/mol. The Labute approximate surface area is 122 Å². The van der Waals surface area contributed by atoms with Crippen LogP contribution in [-0.2, 0) is 16.6 Å². The van der Waals surface area contributed by atoms with Crippen molar-refractivity contribution >= 4 is 10.0 Å². The highest BCUT2D eigenvalue weighted by Gasteiger charge is 2.11. The zero-order chi connectivity index (χ0) is 15.2. The summed E-state index contributed by atoms with van der Waals surface area (Å²) in [4.78, 5) is 0.173. The van der Waals surface area contributed by atoms with E-state index in [1.165, 1.54) is 12.5 Å². The molecule has 4 nitrogen and oxygen atoms in total. The van der Waals surface area contributed by atoms with E-state index in [1.807, 2.05) is 6.07 Å². The highest BCUT2D eigenvalue weighted by molar-refractivity contribution is 7.89. The number of nitrogens with two attached hydrogens (primary N) is 1. The Balaban J connectivity index is 2.65. The van der Waals surface area contributed by atoms with Gasteiger partial charge in [0, 0.05) is 12.6 Å². The van der Waals surface area contributed by atoms with Crippen molar-refractivity contribution in [1.82, 2.24) is 5.32 Å². The fourth-order valence-electron chi connectivity index (χ4n) is 2.14. The van der Waals surface area contributed by atoms with Crippen molar-refractivity contribution in [1.29, 1.82) is 0 Å². The molecule has 0 spiro atoms. The van der Waals surface area contributed by atoms with Gasteiger partial charge in [0.05, 0.1) is 4.90 Å². The minimum Gasteiger partial charge on any atom is -0.310 e. The largest absolute Gasteiger partial charge is 0.310 e. The Kier molecular flexibility index (Phi) is 6.65. The smallest absolute Gasteiger partial charge is 0.238 e. The van der Waals surface area contributed by atoms with Gasteiger partial charge in [0.25, 0.3) is 0 Å². The van der Waals surface area contributed by atoms with Crippen LogP contribution in [0.5, 0.6) is 0 Å². The molecule has 0 aliphatic heterocycles. The molecule has 1 aromatic carbocycles. The van der Waals surface area contributed by atoms with Crippen LogP contribution in [0.3, 0.4) is 0 Å². The van der Waals surface area contributed by atoms with Crippen LogP contribution in [0.25, 0.3) is 0 Å². The van der Waals surface area contributed by atoms with E-state index in [4.69, 9.17) is 5.14 Å². The van der Waals surface area contributed by atoms with Crippen LogP contribution in [0.4, 0.5) is 0 Å². The Morgan fingerprint density at radius 3 is 2.50 bits per heavy atom. The number of rotatable bonds is 8. The normalized spacial score (nSPS) is 15.0. The van der Waals surface area contributed by atoms with E-state index in [0.717, 1.165) is 18.4 Å². The Bertz CT molecular complexity index is 514. The fourth-order valence-corrected chi connectivity index (χ4v) is 2.73. The number of primary sulfonamides is 1. The maximum atomic E-state index is 11.3. The van der Waals surface area contributed by atoms with Crippen LogP contribution < -0.4 is 10.5 Å². The molecular formula is C15H26N2O2S. The summed E-state index contributed by atoms with van der Waals surface area (Å²) in [6.45, 7) is 7.29. The summed E-state index contributed by atoms with van der Waals surface area (Å²) in [6, 6.07) is 7.26. The molecule has 0 amide bonds. The first-order chi connectivity index (χ1) is 9.36. The molecule has 0 aliphatic rings. The Morgan fingerprint density at radius 1 is 1.25 bits per heavy atom. The van der Waals surface area contributed by atoms with Crippen LogP contribution in [0.1, 0.15) is 45.6 Å². The number of hydrogen-bond donors (Lipinski definition) is 2. The van der Waals surface area contributed by atoms with E-state index < -0.39 is 10.0 Å². The summed E-state index contributed by atoms with van der Waals surface area (Å²) in [5.74, 6) is 0.697. The van der Waals surface area contributed by atoms with Gasteiger partial charge >= 0.3 is 0 Å². The SMILES string of the molecule is CCC(C)CC(CC)NCc1cccc(S(N)(=O)=O)c1. The number of benzene rings is 1. The molecule has 20 heavy (non-hydrogen) atoms. The first-order valence-corrected chi connectivity index (χ1v) is 8.76. The highest BCUT2D eigenvalue weighted by Crippen LogP contribution is 2.14. The number of nitrogens with one attached hydrogen (secondary N) is 1. The third-order valence-electron chi connectivity index (χ3n) is 3.70. The van der Waals surface area contributed by atoms with Crippen LogP contribution in [-0.4, -0.2) is 14.5 Å². The molecule has 2 atom stereocenters. The summed E-state index contributed by atoms with van der Waals surface area (Å²) in [5.41, 5.74) is 0.944. The molecule has 2 unspecified atom stereocenters. The van der Waals surface area contributed by atoms with E-state index in [9.17, 15) is 8.42 Å². The van der Waals surface area contributed by atoms with E-state index in [0.29, 0.717) is 18.5 Å². The lowest BCUT2D eigenvalue weighted by Crippen LogP contribution is -2.29. The highest BCUT2D eigenvalue weighted by atomic mass is 32.2. The molecule has 0 saturated heterocycles. The standard InChI is InChI=1S/C15H26N2O2S/c1-4-12(3)9-14(5-2)17-11-13-7-6-8-15(10-13)20(16,18)19/h6-8,10,12,14,17H,4-5,9,11H2,1-3H3,(H2,16,18,19). The van der Waals surface area contributed by atoms with Gasteiger partial charge in [-0.3, -0.25) is 0 Å². The van der Waals surface area contributed by atoms with Gasteiger partial charge in [-0.25, -0.2) is 13.6 Å². The van der Waals surface area contributed by atoms with E-state index in [-0.39, 0.29) is 4.90 Å². The average molecular weight is 298 g/mol. The summed E-state index contributed by atoms with van der Waals surface area (Å²) >= 11 is 0. The van der Waals surface area contributed by atoms with Gasteiger partial charge in [-0.15, -0.1) is 0 Å². The minimum atomic E-state index is -3.62. The molecule has 0 fully saturated rings. The zero-order valence-corrected chi connectivity index (χ0v) is 13.4. The van der Waals surface area contributed by atoms with Gasteiger partial charge in [-0.2, -0.15) is 0 Å². The van der Waals surface area contributed by atoms with E-state index in [2.05, 4.69) is 26.1 Å². The van der Waals surface area contributed by atoms with Gasteiger partial charge in [-0.05, 0) is 36.5 Å². The summed E-state index contributed by atoms with van der Waals surface area (Å²) in [7, 11) is -3.62. The third kappa shape index (κ3) is 5.61. The van der Waals surface area contributed by atoms with E-state index >= 15 is 0 Å². The predicted molar refractivity (Wildman–Crippen MR) is 82.8 cm³/mol. The lowest BCUT2D eigenvalue weighted by atomic mass is 9.97. The molecule has 114 valence electrons. The van der Waals surface area contributed by atoms with Crippen molar-refractivity contribution in [3.63, 3.8) is 0 Å². The van der Waals surface area contributed by atoms with Crippen molar-refractivity contribution in [2.75, 3.05) is 0 Å². The van der Waals surface area contributed by atoms with Crippen molar-refractivity contribution in [2.45, 2.75) is 57.5 Å². The maximum absolute atomic E-state index is 11.3. The van der Waals surface area contributed by atoms with Crippen LogP contribution in [0.2, 0.25) is 0 Å². The third-order valence-corrected chi connectivity index (χ3v) is 4.61. The molecule has 0 bridgehead atoms. The second kappa shape index (κ2) is 7.76. The van der Waals surface area contributed by atoms with Crippen molar-refractivity contribution < 1.29 is 8.42 Å². The molecule has 0 heterocycles. The maximum Gasteiger partial charge on any atom is 0.238 e. The van der Waals surface area contributed by atoms with Crippen molar-refractivity contribution in [3.8, 4) is 0 Å². The molecular weight excluding hydrogens is 272 g/mol. The van der Waals surface area contributed by atoms with Crippen LogP contribution in [0.15, 0.2) is 29.2 Å². The number of sulfonamides is 1. The van der Waals surface area contributed by atoms with E-state index in [1.54, 1.807) is 12.1 Å². The minimum absolute atomic E-state index is 0.173. The second-order valence-electron chi connectivity index (χ2n) is 5.43. The predicted octanol–water partition coefficient (Wildman–Crippen LogP) is 2.64. The average Bonchev–Trinajstić information content (AvgIpc) is 2.42.